The lowest BCUT2D eigenvalue weighted by Gasteiger charge is -2.06. The standard InChI is InChI=1S/C33H22N4O.H2O4S/c38-33(37-36-32-29-15-7-3-11-25(29)26-12-4-8-16-30(26)32)21-17-19-22(20-18-21)34-35-31-27-13-5-1-9-23(27)24-10-2-6-14-28(24)31;1-5(2,3)4/h1-20,34H,(H,37,38);(H2,1,2,3,4). The van der Waals surface area contributed by atoms with E-state index in [9.17, 15) is 4.79 Å². The fraction of sp³-hybridized carbons (Fsp3) is 0. The van der Waals surface area contributed by atoms with Crippen LogP contribution in [-0.4, -0.2) is 34.9 Å². The molecule has 0 heterocycles. The fourth-order valence-electron chi connectivity index (χ4n) is 5.22. The molecule has 2 aliphatic rings. The SMILES string of the molecule is O=C(NN=C1c2ccccc2-c2ccccc21)c1ccc(NN=C2c3ccccc3-c3ccccc32)cc1.O=S(=O)(O)O. The number of fused-ring (bicyclic) bond motifs is 6. The largest absolute Gasteiger partial charge is 0.394 e. The van der Waals surface area contributed by atoms with E-state index in [0.29, 0.717) is 5.56 Å². The smallest absolute Gasteiger partial charge is 0.278 e. The van der Waals surface area contributed by atoms with Gasteiger partial charge in [0.05, 0.1) is 17.1 Å². The van der Waals surface area contributed by atoms with Crippen LogP contribution < -0.4 is 10.9 Å². The van der Waals surface area contributed by atoms with Gasteiger partial charge in [-0.05, 0) is 46.5 Å². The van der Waals surface area contributed by atoms with Gasteiger partial charge in [-0.3, -0.25) is 19.3 Å². The second-order valence-corrected chi connectivity index (χ2v) is 10.6. The summed E-state index contributed by atoms with van der Waals surface area (Å²) in [4.78, 5) is 12.9. The number of nitrogens with zero attached hydrogens (tertiary/aromatic N) is 2. The summed E-state index contributed by atoms with van der Waals surface area (Å²) in [6.07, 6.45) is 0. The molecule has 0 spiro atoms. The summed E-state index contributed by atoms with van der Waals surface area (Å²) < 4.78 is 31.6. The van der Waals surface area contributed by atoms with Crippen LogP contribution >= 0.6 is 0 Å². The summed E-state index contributed by atoms with van der Waals surface area (Å²) in [5.41, 5.74) is 17.8. The molecule has 0 aromatic heterocycles. The summed E-state index contributed by atoms with van der Waals surface area (Å²) in [5, 5.41) is 9.24. The fourth-order valence-corrected chi connectivity index (χ4v) is 5.22. The van der Waals surface area contributed by atoms with Gasteiger partial charge in [0.2, 0.25) is 0 Å². The molecule has 2 aliphatic carbocycles. The molecule has 1 amide bonds. The lowest BCUT2D eigenvalue weighted by Crippen LogP contribution is -2.19. The highest BCUT2D eigenvalue weighted by Gasteiger charge is 2.25. The molecule has 0 atom stereocenters. The maximum absolute atomic E-state index is 12.9. The van der Waals surface area contributed by atoms with E-state index in [1.165, 1.54) is 11.1 Å². The van der Waals surface area contributed by atoms with Crippen LogP contribution in [-0.2, 0) is 10.4 Å². The maximum Gasteiger partial charge on any atom is 0.394 e. The molecule has 43 heavy (non-hydrogen) atoms. The number of hydrogen-bond donors (Lipinski definition) is 4. The predicted molar refractivity (Wildman–Crippen MR) is 167 cm³/mol. The number of rotatable bonds is 4. The zero-order valence-electron chi connectivity index (χ0n) is 22.5. The first-order chi connectivity index (χ1) is 20.8. The van der Waals surface area contributed by atoms with Crippen molar-refractivity contribution in [1.29, 1.82) is 0 Å². The lowest BCUT2D eigenvalue weighted by molar-refractivity contribution is 0.0955. The van der Waals surface area contributed by atoms with Crippen LogP contribution in [0.1, 0.15) is 32.6 Å². The predicted octanol–water partition coefficient (Wildman–Crippen LogP) is 6.04. The Hall–Kier alpha value is -5.42. The first-order valence-corrected chi connectivity index (χ1v) is 14.6. The Bertz CT molecular complexity index is 1930. The van der Waals surface area contributed by atoms with Gasteiger partial charge in [0.1, 0.15) is 0 Å². The van der Waals surface area contributed by atoms with Gasteiger partial charge in [-0.2, -0.15) is 18.6 Å². The summed E-state index contributed by atoms with van der Waals surface area (Å²) >= 11 is 0. The topological polar surface area (TPSA) is 140 Å². The van der Waals surface area contributed by atoms with E-state index in [1.54, 1.807) is 12.1 Å². The van der Waals surface area contributed by atoms with Gasteiger partial charge < -0.3 is 0 Å². The summed E-state index contributed by atoms with van der Waals surface area (Å²) in [6.45, 7) is 0. The van der Waals surface area contributed by atoms with Crippen molar-refractivity contribution in [3.05, 3.63) is 149 Å². The van der Waals surface area contributed by atoms with Gasteiger partial charge in [0, 0.05) is 27.8 Å². The van der Waals surface area contributed by atoms with Crippen LogP contribution in [0.4, 0.5) is 5.69 Å². The minimum absolute atomic E-state index is 0.268. The molecule has 0 saturated carbocycles. The van der Waals surface area contributed by atoms with E-state index in [1.807, 2.05) is 72.8 Å². The second-order valence-electron chi connectivity index (χ2n) is 9.68. The van der Waals surface area contributed by atoms with E-state index in [4.69, 9.17) is 22.6 Å². The summed E-state index contributed by atoms with van der Waals surface area (Å²) in [7, 11) is -4.67. The zero-order valence-corrected chi connectivity index (χ0v) is 23.3. The van der Waals surface area contributed by atoms with Crippen molar-refractivity contribution in [3.63, 3.8) is 0 Å². The van der Waals surface area contributed by atoms with Crippen LogP contribution in [0.3, 0.4) is 0 Å². The zero-order chi connectivity index (χ0) is 30.0. The van der Waals surface area contributed by atoms with E-state index >= 15 is 0 Å². The van der Waals surface area contributed by atoms with Gasteiger partial charge in [0.15, 0.2) is 0 Å². The normalized spacial score (nSPS) is 12.1. The van der Waals surface area contributed by atoms with Crippen molar-refractivity contribution in [2.45, 2.75) is 0 Å². The highest BCUT2D eigenvalue weighted by molar-refractivity contribution is 7.79. The number of amides is 1. The molecule has 4 N–H and O–H groups in total. The average molecular weight is 589 g/mol. The molecule has 5 aromatic rings. The van der Waals surface area contributed by atoms with Crippen LogP contribution in [0.2, 0.25) is 0 Å². The third-order valence-corrected chi connectivity index (χ3v) is 7.02. The molecule has 10 heteroatoms. The number of carbonyl (C=O) groups is 1. The second kappa shape index (κ2) is 11.5. The molecule has 7 rings (SSSR count). The minimum Gasteiger partial charge on any atom is -0.278 e. The summed E-state index contributed by atoms with van der Waals surface area (Å²) in [5.74, 6) is -0.268. The van der Waals surface area contributed by atoms with Crippen LogP contribution in [0.25, 0.3) is 22.3 Å². The molecule has 0 fully saturated rings. The van der Waals surface area contributed by atoms with Gasteiger partial charge in [-0.1, -0.05) is 97.1 Å². The number of benzene rings is 5. The van der Waals surface area contributed by atoms with Crippen molar-refractivity contribution in [3.8, 4) is 22.3 Å². The molecule has 9 nitrogen and oxygen atoms in total. The molecule has 212 valence electrons. The Balaban J connectivity index is 0.000000611. The highest BCUT2D eigenvalue weighted by Crippen LogP contribution is 2.37. The summed E-state index contributed by atoms with van der Waals surface area (Å²) in [6, 6.07) is 40.0. The quantitative estimate of drug-likeness (QED) is 0.146. The Morgan fingerprint density at radius 3 is 1.21 bits per heavy atom. The van der Waals surface area contributed by atoms with Crippen LogP contribution in [0, 0.1) is 0 Å². The van der Waals surface area contributed by atoms with E-state index in [-0.39, 0.29) is 5.91 Å². The van der Waals surface area contributed by atoms with E-state index in [2.05, 4.69) is 52.4 Å². The van der Waals surface area contributed by atoms with Crippen LogP contribution in [0.5, 0.6) is 0 Å². The van der Waals surface area contributed by atoms with Crippen molar-refractivity contribution in [2.24, 2.45) is 10.2 Å². The number of anilines is 1. The van der Waals surface area contributed by atoms with Crippen LogP contribution in [0.15, 0.2) is 132 Å². The monoisotopic (exact) mass is 588 g/mol. The van der Waals surface area contributed by atoms with Crippen molar-refractivity contribution >= 4 is 33.4 Å². The van der Waals surface area contributed by atoms with E-state index < -0.39 is 10.4 Å². The molecule has 0 aliphatic heterocycles. The molecule has 0 unspecified atom stereocenters. The Kier molecular flexibility index (Phi) is 7.39. The van der Waals surface area contributed by atoms with Gasteiger partial charge in [-0.15, -0.1) is 0 Å². The molecule has 5 aromatic carbocycles. The van der Waals surface area contributed by atoms with Gasteiger partial charge in [0.25, 0.3) is 5.91 Å². The number of carbonyl (C=O) groups excluding carboxylic acids is 1. The van der Waals surface area contributed by atoms with E-state index in [0.717, 1.165) is 50.5 Å². The average Bonchev–Trinajstić information content (AvgIpc) is 3.51. The molecule has 0 saturated heterocycles. The Morgan fingerprint density at radius 1 is 0.512 bits per heavy atom. The first kappa shape index (κ1) is 27.7. The van der Waals surface area contributed by atoms with Crippen molar-refractivity contribution in [2.75, 3.05) is 5.43 Å². The maximum atomic E-state index is 12.9. The molecular formula is C33H24N4O5S. The third-order valence-electron chi connectivity index (χ3n) is 7.02. The minimum atomic E-state index is -4.67. The molecule has 0 bridgehead atoms. The highest BCUT2D eigenvalue weighted by atomic mass is 32.3. The first-order valence-electron chi connectivity index (χ1n) is 13.2. The Labute approximate surface area is 247 Å². The number of hydrogen-bond acceptors (Lipinski definition) is 6. The number of nitrogens with one attached hydrogen (secondary N) is 2. The third kappa shape index (κ3) is 5.84. The van der Waals surface area contributed by atoms with Crippen molar-refractivity contribution in [1.82, 2.24) is 5.43 Å². The van der Waals surface area contributed by atoms with Gasteiger partial charge in [-0.25, -0.2) is 5.43 Å². The van der Waals surface area contributed by atoms with Gasteiger partial charge >= 0.3 is 10.4 Å². The van der Waals surface area contributed by atoms with Crippen molar-refractivity contribution < 1.29 is 22.3 Å². The number of hydrazone groups is 2. The molecular weight excluding hydrogens is 564 g/mol. The lowest BCUT2D eigenvalue weighted by atomic mass is 10.1. The Morgan fingerprint density at radius 2 is 0.837 bits per heavy atom. The molecule has 0 radical (unpaired) electrons.